The molecule has 0 bridgehead atoms. The van der Waals surface area contributed by atoms with Crippen molar-refractivity contribution >= 4 is 29.0 Å². The van der Waals surface area contributed by atoms with E-state index in [1.807, 2.05) is 24.5 Å². The van der Waals surface area contributed by atoms with Crippen LogP contribution in [0.1, 0.15) is 41.3 Å². The summed E-state index contributed by atoms with van der Waals surface area (Å²) < 4.78 is 7.69. The Morgan fingerprint density at radius 3 is 2.64 bits per heavy atom. The summed E-state index contributed by atoms with van der Waals surface area (Å²) in [5, 5.41) is 5.15. The number of hydrogen-bond acceptors (Lipinski definition) is 7. The molecule has 4 aromatic rings. The topological polar surface area (TPSA) is 131 Å². The molecule has 1 atom stereocenters. The molecule has 2 fully saturated rings. The summed E-state index contributed by atoms with van der Waals surface area (Å²) in [6.45, 7) is 3.10. The van der Waals surface area contributed by atoms with E-state index in [4.69, 9.17) is 4.74 Å². The zero-order valence-corrected chi connectivity index (χ0v) is 22.9. The van der Waals surface area contributed by atoms with Crippen molar-refractivity contribution in [1.29, 1.82) is 0 Å². The number of carbonyl (C=O) groups is 3. The fourth-order valence-corrected chi connectivity index (χ4v) is 5.65. The fourth-order valence-electron chi connectivity index (χ4n) is 5.65. The van der Waals surface area contributed by atoms with Gasteiger partial charge in [-0.25, -0.2) is 19.7 Å². The van der Waals surface area contributed by atoms with Crippen molar-refractivity contribution in [2.45, 2.75) is 38.4 Å². The maximum Gasteiger partial charge on any atom is 0.322 e. The van der Waals surface area contributed by atoms with Crippen LogP contribution in [-0.4, -0.2) is 55.4 Å². The van der Waals surface area contributed by atoms with E-state index in [1.54, 1.807) is 36.1 Å². The molecule has 0 unspecified atom stereocenters. The Morgan fingerprint density at radius 2 is 1.90 bits per heavy atom. The van der Waals surface area contributed by atoms with Gasteiger partial charge in [0, 0.05) is 24.2 Å². The third-order valence-corrected chi connectivity index (χ3v) is 8.02. The van der Waals surface area contributed by atoms with Gasteiger partial charge < -0.3 is 19.5 Å². The van der Waals surface area contributed by atoms with Crippen molar-refractivity contribution in [1.82, 2.24) is 35.1 Å². The number of rotatable bonds is 8. The number of nitrogens with zero attached hydrogens (tertiary/aromatic N) is 5. The second-order valence-electron chi connectivity index (χ2n) is 10.8. The number of amides is 4. The highest BCUT2D eigenvalue weighted by molar-refractivity contribution is 6.08. The number of benzene rings is 2. The predicted octanol–water partition coefficient (Wildman–Crippen LogP) is 3.00. The van der Waals surface area contributed by atoms with Crippen LogP contribution in [0.3, 0.4) is 0 Å². The first-order valence-electron chi connectivity index (χ1n) is 13.8. The first-order chi connectivity index (χ1) is 20.4. The Balaban J connectivity index is 1.17. The van der Waals surface area contributed by atoms with Crippen molar-refractivity contribution in [3.05, 3.63) is 71.8 Å². The lowest BCUT2D eigenvalue weighted by atomic mass is 9.88. The van der Waals surface area contributed by atoms with Gasteiger partial charge in [-0.1, -0.05) is 36.3 Å². The van der Waals surface area contributed by atoms with E-state index in [1.165, 1.54) is 19.2 Å². The molecule has 42 heavy (non-hydrogen) atoms. The van der Waals surface area contributed by atoms with Gasteiger partial charge in [-0.05, 0) is 48.9 Å². The van der Waals surface area contributed by atoms with E-state index >= 15 is 0 Å². The van der Waals surface area contributed by atoms with Crippen LogP contribution in [0.5, 0.6) is 5.75 Å². The third kappa shape index (κ3) is 4.41. The maximum absolute atomic E-state index is 13.4. The molecule has 11 nitrogen and oxygen atoms in total. The predicted molar refractivity (Wildman–Crippen MR) is 152 cm³/mol. The highest BCUT2D eigenvalue weighted by Crippen LogP contribution is 2.35. The van der Waals surface area contributed by atoms with Gasteiger partial charge in [0.2, 0.25) is 0 Å². The van der Waals surface area contributed by atoms with Gasteiger partial charge in [-0.15, -0.1) is 5.92 Å². The van der Waals surface area contributed by atoms with Gasteiger partial charge in [0.25, 0.3) is 11.8 Å². The Kier molecular flexibility index (Phi) is 6.12. The largest absolute Gasteiger partial charge is 0.481 e. The normalized spacial score (nSPS) is 19.4. The third-order valence-electron chi connectivity index (χ3n) is 8.02. The monoisotopic (exact) mass is 561 g/mol. The van der Waals surface area contributed by atoms with Crippen molar-refractivity contribution in [3.63, 3.8) is 0 Å². The van der Waals surface area contributed by atoms with E-state index in [2.05, 4.69) is 42.0 Å². The first kappa shape index (κ1) is 25.7. The van der Waals surface area contributed by atoms with Crippen LogP contribution < -0.4 is 15.4 Å². The number of hydrogen-bond donors (Lipinski definition) is 2. The number of aromatic nitrogens is 4. The fraction of sp³-hybridized carbons (Fsp3) is 0.290. The second kappa shape index (κ2) is 9.99. The SMILES string of the molecule is CC#CCOc1ccc2c(c1)C(=O)N(C[C@@]1(c3ccc(-c4ncnc5c4ncn5CC4CC4)cc3)NC(=O)NC1=O)C2. The van der Waals surface area contributed by atoms with Crippen molar-refractivity contribution < 1.29 is 19.1 Å². The van der Waals surface area contributed by atoms with Gasteiger partial charge in [-0.3, -0.25) is 14.9 Å². The van der Waals surface area contributed by atoms with Gasteiger partial charge in [0.05, 0.1) is 12.9 Å². The van der Waals surface area contributed by atoms with E-state index in [-0.39, 0.29) is 19.1 Å². The smallest absolute Gasteiger partial charge is 0.322 e. The number of fused-ring (bicyclic) bond motifs is 2. The quantitative estimate of drug-likeness (QED) is 0.250. The molecule has 2 N–H and O–H groups in total. The van der Waals surface area contributed by atoms with E-state index < -0.39 is 17.5 Å². The summed E-state index contributed by atoms with van der Waals surface area (Å²) in [7, 11) is 0. The van der Waals surface area contributed by atoms with Crippen LogP contribution in [0.4, 0.5) is 4.79 Å². The second-order valence-corrected chi connectivity index (χ2v) is 10.8. The molecule has 1 aliphatic carbocycles. The Hall–Kier alpha value is -5.24. The molecule has 3 aliphatic rings. The lowest BCUT2D eigenvalue weighted by Crippen LogP contribution is -2.52. The molecule has 2 aromatic heterocycles. The summed E-state index contributed by atoms with van der Waals surface area (Å²) in [5.74, 6) is 6.06. The zero-order chi connectivity index (χ0) is 28.8. The van der Waals surface area contributed by atoms with Crippen molar-refractivity contribution in [2.75, 3.05) is 13.2 Å². The standard InChI is InChI=1S/C31H27N7O4/c1-2-3-12-42-23-11-8-21-15-37(28(39)24(21)13-23)16-31(29(40)35-30(41)36-31)22-9-6-20(7-10-22)25-26-27(33-17-32-25)38(18-34-26)14-19-4-5-19/h6-11,13,17-19H,4-5,12,14-16H2,1H3,(H2,35,36,40,41)/t31-/m0/s1. The Bertz CT molecular complexity index is 1820. The molecule has 2 aromatic carbocycles. The molecule has 7 rings (SSSR count). The van der Waals surface area contributed by atoms with Crippen LogP contribution in [0.15, 0.2) is 55.1 Å². The number of imide groups is 1. The summed E-state index contributed by atoms with van der Waals surface area (Å²) in [6, 6.07) is 12.0. The van der Waals surface area contributed by atoms with Gasteiger partial charge >= 0.3 is 6.03 Å². The molecule has 4 amide bonds. The van der Waals surface area contributed by atoms with E-state index in [9.17, 15) is 14.4 Å². The summed E-state index contributed by atoms with van der Waals surface area (Å²) in [5.41, 5.74) is 3.38. The van der Waals surface area contributed by atoms with Crippen LogP contribution >= 0.6 is 0 Å². The van der Waals surface area contributed by atoms with Crippen LogP contribution in [0, 0.1) is 17.8 Å². The maximum atomic E-state index is 13.4. The molecular weight excluding hydrogens is 534 g/mol. The molecule has 4 heterocycles. The molecule has 1 saturated heterocycles. The number of urea groups is 1. The zero-order valence-electron chi connectivity index (χ0n) is 22.9. The Morgan fingerprint density at radius 1 is 1.07 bits per heavy atom. The van der Waals surface area contributed by atoms with Gasteiger partial charge in [0.15, 0.2) is 11.2 Å². The average molecular weight is 562 g/mol. The minimum absolute atomic E-state index is 0.0434. The molecule has 2 aliphatic heterocycles. The highest BCUT2D eigenvalue weighted by Gasteiger charge is 2.50. The minimum atomic E-state index is -1.46. The molecular formula is C31H27N7O4. The summed E-state index contributed by atoms with van der Waals surface area (Å²) >= 11 is 0. The van der Waals surface area contributed by atoms with Gasteiger partial charge in [-0.2, -0.15) is 0 Å². The summed E-state index contributed by atoms with van der Waals surface area (Å²) in [6.07, 6.45) is 5.80. The number of imidazole rings is 1. The summed E-state index contributed by atoms with van der Waals surface area (Å²) in [4.78, 5) is 54.3. The Labute approximate surface area is 241 Å². The van der Waals surface area contributed by atoms with Crippen molar-refractivity contribution in [2.24, 2.45) is 5.92 Å². The molecule has 0 radical (unpaired) electrons. The minimum Gasteiger partial charge on any atom is -0.481 e. The van der Waals surface area contributed by atoms with Crippen LogP contribution in [0.2, 0.25) is 0 Å². The first-order valence-corrected chi connectivity index (χ1v) is 13.8. The molecule has 11 heteroatoms. The highest BCUT2D eigenvalue weighted by atomic mass is 16.5. The number of ether oxygens (including phenoxy) is 1. The van der Waals surface area contributed by atoms with E-state index in [0.717, 1.165) is 23.3 Å². The van der Waals surface area contributed by atoms with Crippen LogP contribution in [-0.2, 0) is 23.4 Å². The number of nitrogens with one attached hydrogen (secondary N) is 2. The molecule has 210 valence electrons. The average Bonchev–Trinajstić information content (AvgIpc) is 3.54. The number of carbonyl (C=O) groups excluding carboxylic acids is 3. The van der Waals surface area contributed by atoms with Crippen molar-refractivity contribution in [3.8, 4) is 28.8 Å². The molecule has 1 saturated carbocycles. The van der Waals surface area contributed by atoms with Gasteiger partial charge in [0.1, 0.15) is 29.9 Å². The van der Waals surface area contributed by atoms with E-state index in [0.29, 0.717) is 40.5 Å². The lowest BCUT2D eigenvalue weighted by molar-refractivity contribution is -0.124. The lowest BCUT2D eigenvalue weighted by Gasteiger charge is -2.31. The van der Waals surface area contributed by atoms with Crippen LogP contribution in [0.25, 0.3) is 22.4 Å². The molecule has 0 spiro atoms.